The molecule has 2 rings (SSSR count). The highest BCUT2D eigenvalue weighted by molar-refractivity contribution is 9.10. The zero-order chi connectivity index (χ0) is 13.7. The first-order chi connectivity index (χ1) is 9.19. The molecule has 5 nitrogen and oxygen atoms in total. The molecule has 6 heteroatoms. The van der Waals surface area contributed by atoms with E-state index in [1.54, 1.807) is 25.7 Å². The van der Waals surface area contributed by atoms with E-state index in [1.165, 1.54) is 0 Å². The highest BCUT2D eigenvalue weighted by Gasteiger charge is 2.07. The molecule has 0 saturated heterocycles. The van der Waals surface area contributed by atoms with Gasteiger partial charge in [0.1, 0.15) is 5.75 Å². The number of halogens is 1. The average molecular weight is 324 g/mol. The van der Waals surface area contributed by atoms with Crippen molar-refractivity contribution >= 4 is 27.5 Å². The Balaban J connectivity index is 1.94. The van der Waals surface area contributed by atoms with Crippen molar-refractivity contribution in [3.63, 3.8) is 0 Å². The van der Waals surface area contributed by atoms with Crippen LogP contribution in [-0.4, -0.2) is 22.6 Å². The van der Waals surface area contributed by atoms with Gasteiger partial charge in [-0.05, 0) is 28.1 Å². The molecule has 1 amide bonds. The Morgan fingerprint density at radius 1 is 1.53 bits per heavy atom. The third kappa shape index (κ3) is 3.82. The summed E-state index contributed by atoms with van der Waals surface area (Å²) in [7, 11) is 1.59. The Morgan fingerprint density at radius 3 is 3.05 bits per heavy atom. The molecular formula is C13H14BrN3O2. The monoisotopic (exact) mass is 323 g/mol. The van der Waals surface area contributed by atoms with E-state index in [2.05, 4.69) is 26.2 Å². The zero-order valence-corrected chi connectivity index (χ0v) is 12.1. The van der Waals surface area contributed by atoms with E-state index in [9.17, 15) is 4.79 Å². The molecule has 0 fully saturated rings. The minimum absolute atomic E-state index is 0.0531. The highest BCUT2D eigenvalue weighted by Crippen LogP contribution is 2.27. The summed E-state index contributed by atoms with van der Waals surface area (Å²) in [5.41, 5.74) is 0.704. The molecule has 0 aliphatic rings. The number of nitrogens with zero attached hydrogens (tertiary/aromatic N) is 2. The Kier molecular flexibility index (Phi) is 4.57. The topological polar surface area (TPSA) is 56.1 Å². The maximum atomic E-state index is 11.9. The molecule has 0 saturated carbocycles. The fourth-order valence-electron chi connectivity index (χ4n) is 1.59. The highest BCUT2D eigenvalue weighted by atomic mass is 79.9. The van der Waals surface area contributed by atoms with E-state index < -0.39 is 0 Å². The van der Waals surface area contributed by atoms with E-state index in [-0.39, 0.29) is 5.91 Å². The molecule has 1 N–H and O–H groups in total. The summed E-state index contributed by atoms with van der Waals surface area (Å²) in [6.07, 6.45) is 5.60. The molecule has 2 aromatic rings. The Hall–Kier alpha value is -1.82. The molecular weight excluding hydrogens is 310 g/mol. The predicted molar refractivity (Wildman–Crippen MR) is 76.2 cm³/mol. The summed E-state index contributed by atoms with van der Waals surface area (Å²) < 4.78 is 7.81. The standard InChI is InChI=1S/C13H14BrN3O2/c1-19-10-2-3-11(14)12(8-10)16-13(18)4-6-17-7-5-15-9-17/h2-3,5,7-9H,4,6H2,1H3,(H,16,18). The van der Waals surface area contributed by atoms with Gasteiger partial charge in [0, 0.05) is 35.9 Å². The second-order valence-electron chi connectivity index (χ2n) is 3.94. The number of amides is 1. The van der Waals surface area contributed by atoms with Crippen LogP contribution >= 0.6 is 15.9 Å². The second-order valence-corrected chi connectivity index (χ2v) is 4.80. The SMILES string of the molecule is COc1ccc(Br)c(NC(=O)CCn2ccnc2)c1. The molecule has 19 heavy (non-hydrogen) atoms. The normalized spacial score (nSPS) is 10.2. The number of imidazole rings is 1. The minimum Gasteiger partial charge on any atom is -0.497 e. The first-order valence-electron chi connectivity index (χ1n) is 5.78. The summed E-state index contributed by atoms with van der Waals surface area (Å²) in [5.74, 6) is 0.649. The number of methoxy groups -OCH3 is 1. The number of nitrogens with one attached hydrogen (secondary N) is 1. The summed E-state index contributed by atoms with van der Waals surface area (Å²) in [4.78, 5) is 15.8. The summed E-state index contributed by atoms with van der Waals surface area (Å²) in [6.45, 7) is 0.605. The Labute approximate surface area is 119 Å². The zero-order valence-electron chi connectivity index (χ0n) is 10.5. The molecule has 1 heterocycles. The fraction of sp³-hybridized carbons (Fsp3) is 0.231. The van der Waals surface area contributed by atoms with Crippen LogP contribution in [0.5, 0.6) is 5.75 Å². The van der Waals surface area contributed by atoms with Gasteiger partial charge in [-0.3, -0.25) is 4.79 Å². The number of ether oxygens (including phenoxy) is 1. The number of carbonyl (C=O) groups is 1. The first-order valence-corrected chi connectivity index (χ1v) is 6.57. The van der Waals surface area contributed by atoms with Crippen molar-refractivity contribution in [1.29, 1.82) is 0 Å². The summed E-state index contributed by atoms with van der Waals surface area (Å²) >= 11 is 3.39. The molecule has 100 valence electrons. The van der Waals surface area contributed by atoms with Crippen molar-refractivity contribution in [2.75, 3.05) is 12.4 Å². The van der Waals surface area contributed by atoms with Gasteiger partial charge in [0.15, 0.2) is 0 Å². The maximum absolute atomic E-state index is 11.9. The van der Waals surface area contributed by atoms with Gasteiger partial charge < -0.3 is 14.6 Å². The predicted octanol–water partition coefficient (Wildman–Crippen LogP) is 2.68. The second kappa shape index (κ2) is 6.38. The van der Waals surface area contributed by atoms with Crippen molar-refractivity contribution in [1.82, 2.24) is 9.55 Å². The van der Waals surface area contributed by atoms with E-state index in [0.29, 0.717) is 24.4 Å². The van der Waals surface area contributed by atoms with Crippen molar-refractivity contribution in [2.24, 2.45) is 0 Å². The van der Waals surface area contributed by atoms with Crippen molar-refractivity contribution < 1.29 is 9.53 Å². The van der Waals surface area contributed by atoms with Gasteiger partial charge in [0.25, 0.3) is 0 Å². The lowest BCUT2D eigenvalue weighted by molar-refractivity contribution is -0.116. The molecule has 0 aliphatic heterocycles. The quantitative estimate of drug-likeness (QED) is 0.920. The number of aryl methyl sites for hydroxylation is 1. The van der Waals surface area contributed by atoms with Crippen LogP contribution in [0.3, 0.4) is 0 Å². The van der Waals surface area contributed by atoms with Crippen LogP contribution in [0.1, 0.15) is 6.42 Å². The number of benzene rings is 1. The molecule has 0 atom stereocenters. The number of aromatic nitrogens is 2. The van der Waals surface area contributed by atoms with E-state index in [4.69, 9.17) is 4.74 Å². The maximum Gasteiger partial charge on any atom is 0.226 e. The van der Waals surface area contributed by atoms with Gasteiger partial charge in [-0.25, -0.2) is 4.98 Å². The molecule has 0 spiro atoms. The van der Waals surface area contributed by atoms with Crippen molar-refractivity contribution in [3.8, 4) is 5.75 Å². The van der Waals surface area contributed by atoms with E-state index in [1.807, 2.05) is 22.9 Å². The van der Waals surface area contributed by atoms with Crippen molar-refractivity contribution in [2.45, 2.75) is 13.0 Å². The number of hydrogen-bond acceptors (Lipinski definition) is 3. The van der Waals surface area contributed by atoms with E-state index >= 15 is 0 Å². The minimum atomic E-state index is -0.0531. The van der Waals surface area contributed by atoms with E-state index in [0.717, 1.165) is 4.47 Å². The number of carbonyl (C=O) groups excluding carboxylic acids is 1. The third-order valence-corrected chi connectivity index (χ3v) is 3.30. The fourth-order valence-corrected chi connectivity index (χ4v) is 1.94. The average Bonchev–Trinajstić information content (AvgIpc) is 2.92. The molecule has 0 radical (unpaired) electrons. The lowest BCUT2D eigenvalue weighted by Crippen LogP contribution is -2.14. The number of anilines is 1. The van der Waals surface area contributed by atoms with Crippen LogP contribution in [0.15, 0.2) is 41.4 Å². The lowest BCUT2D eigenvalue weighted by Gasteiger charge is -2.09. The third-order valence-electron chi connectivity index (χ3n) is 2.60. The first kappa shape index (κ1) is 13.6. The van der Waals surface area contributed by atoms with Crippen LogP contribution in [0.25, 0.3) is 0 Å². The van der Waals surface area contributed by atoms with Gasteiger partial charge >= 0.3 is 0 Å². The molecule has 0 unspecified atom stereocenters. The van der Waals surface area contributed by atoms with Gasteiger partial charge in [-0.15, -0.1) is 0 Å². The largest absolute Gasteiger partial charge is 0.497 e. The lowest BCUT2D eigenvalue weighted by atomic mass is 10.3. The van der Waals surface area contributed by atoms with Gasteiger partial charge in [0.2, 0.25) is 5.91 Å². The van der Waals surface area contributed by atoms with Gasteiger partial charge in [-0.2, -0.15) is 0 Å². The Morgan fingerprint density at radius 2 is 2.37 bits per heavy atom. The van der Waals surface area contributed by atoms with Crippen LogP contribution in [-0.2, 0) is 11.3 Å². The van der Waals surface area contributed by atoms with Crippen LogP contribution < -0.4 is 10.1 Å². The van der Waals surface area contributed by atoms with Crippen molar-refractivity contribution in [3.05, 3.63) is 41.4 Å². The van der Waals surface area contributed by atoms with Gasteiger partial charge in [-0.1, -0.05) is 0 Å². The van der Waals surface area contributed by atoms with Gasteiger partial charge in [0.05, 0.1) is 19.1 Å². The summed E-state index contributed by atoms with van der Waals surface area (Å²) in [6, 6.07) is 5.44. The molecule has 0 bridgehead atoms. The van der Waals surface area contributed by atoms with Crippen LogP contribution in [0.2, 0.25) is 0 Å². The molecule has 1 aromatic carbocycles. The van der Waals surface area contributed by atoms with Crippen LogP contribution in [0.4, 0.5) is 5.69 Å². The number of rotatable bonds is 5. The molecule has 1 aromatic heterocycles. The number of hydrogen-bond donors (Lipinski definition) is 1. The Bertz CT molecular complexity index is 555. The van der Waals surface area contributed by atoms with Crippen LogP contribution in [0, 0.1) is 0 Å². The smallest absolute Gasteiger partial charge is 0.226 e. The summed E-state index contributed by atoms with van der Waals surface area (Å²) in [5, 5.41) is 2.85. The molecule has 0 aliphatic carbocycles.